The zero-order chi connectivity index (χ0) is 44.4. The Balaban J connectivity index is 0.00000595. The molecule has 0 spiro atoms. The fraction of sp³-hybridized carbons (Fsp3) is 0.236. The Morgan fingerprint density at radius 3 is 1.88 bits per heavy atom. The summed E-state index contributed by atoms with van der Waals surface area (Å²) in [5, 5.41) is 12.4. The molecule has 2 aromatic heterocycles. The monoisotopic (exact) mass is 970 g/mol. The van der Waals surface area contributed by atoms with E-state index in [1.807, 2.05) is 95.7 Å². The summed E-state index contributed by atoms with van der Waals surface area (Å²) >= 11 is 0. The number of aromatic nitrogens is 3. The Morgan fingerprint density at radius 2 is 1.23 bits per heavy atom. The van der Waals surface area contributed by atoms with Crippen LogP contribution in [0.3, 0.4) is 0 Å². The van der Waals surface area contributed by atoms with Crippen LogP contribution >= 0.6 is 0 Å². The van der Waals surface area contributed by atoms with Crippen molar-refractivity contribution in [2.24, 2.45) is 0 Å². The summed E-state index contributed by atoms with van der Waals surface area (Å²) in [5.41, 5.74) is 12.0. The molecule has 0 saturated carbocycles. The third kappa shape index (κ3) is 8.28. The van der Waals surface area contributed by atoms with E-state index in [0.717, 1.165) is 61.3 Å². The molecule has 0 aliphatic rings. The van der Waals surface area contributed by atoms with Gasteiger partial charge in [0, 0.05) is 48.3 Å². The third-order valence-electron chi connectivity index (χ3n) is 11.2. The van der Waals surface area contributed by atoms with E-state index < -0.39 is 12.3 Å². The standard InChI is InChI=1S/C55H54N3O.Pt/c1-35-28-43(24-25-44(35)37-20-15-12-16-21-37)58-49-23-17-22-45(50(49)57-52(58)46-33-42(54(5,6)7)34-47(51(46)59)55(8,9)10)39-29-40(31-41(30-39)53(2,3)4)48-32-38(26-27-56-48)36-18-13-11-14-19-36;/h11-28,30-34,59H,1-10H3;/q-1;/i1D3;. The SMILES string of the molecule is [2H]C([2H])([2H])c1cc(-n2c(-c3cc(C(C)(C)C)cc(C(C)(C)C)c3O)nc3c(-c4[c-]c(-c5cc(-c6ccccc6)ccn5)cc(C(C)(C)C)c4)cccc32)ccc1-c1ccccc1.[Pt]. The molecule has 8 aromatic rings. The van der Waals surface area contributed by atoms with Crippen LogP contribution in [0.15, 0.2) is 140 Å². The van der Waals surface area contributed by atoms with Crippen LogP contribution in [0.1, 0.15) is 88.7 Å². The van der Waals surface area contributed by atoms with Crippen LogP contribution in [0.2, 0.25) is 0 Å². The second-order valence-electron chi connectivity index (χ2n) is 18.7. The van der Waals surface area contributed by atoms with Crippen LogP contribution in [-0.4, -0.2) is 19.6 Å². The smallest absolute Gasteiger partial charge is 0.148 e. The minimum atomic E-state index is -2.42. The number of benzene rings is 6. The van der Waals surface area contributed by atoms with Gasteiger partial charge in [-0.05, 0) is 86.8 Å². The molecule has 0 saturated heterocycles. The minimum absolute atomic E-state index is 0. The van der Waals surface area contributed by atoms with Gasteiger partial charge in [-0.15, -0.1) is 29.3 Å². The van der Waals surface area contributed by atoms with Gasteiger partial charge in [0.1, 0.15) is 11.6 Å². The summed E-state index contributed by atoms with van der Waals surface area (Å²) in [4.78, 5) is 10.3. The van der Waals surface area contributed by atoms with E-state index >= 15 is 0 Å². The molecule has 0 aliphatic heterocycles. The molecule has 0 bridgehead atoms. The maximum Gasteiger partial charge on any atom is 0.148 e. The molecule has 60 heavy (non-hydrogen) atoms. The molecule has 0 fully saturated rings. The van der Waals surface area contributed by atoms with Crippen LogP contribution in [0.5, 0.6) is 5.75 Å². The topological polar surface area (TPSA) is 50.9 Å². The zero-order valence-corrected chi connectivity index (χ0v) is 38.2. The van der Waals surface area contributed by atoms with Crippen molar-refractivity contribution < 1.29 is 30.3 Å². The van der Waals surface area contributed by atoms with Crippen molar-refractivity contribution >= 4 is 11.0 Å². The van der Waals surface area contributed by atoms with Crippen LogP contribution in [-0.2, 0) is 37.3 Å². The van der Waals surface area contributed by atoms with Crippen molar-refractivity contribution in [2.75, 3.05) is 0 Å². The summed E-state index contributed by atoms with van der Waals surface area (Å²) in [7, 11) is 0. The van der Waals surface area contributed by atoms with Crippen LogP contribution in [0, 0.1) is 12.9 Å². The molecule has 0 amide bonds. The van der Waals surface area contributed by atoms with Gasteiger partial charge in [0.15, 0.2) is 0 Å². The first-order valence-corrected chi connectivity index (χ1v) is 20.4. The third-order valence-corrected chi connectivity index (χ3v) is 11.2. The van der Waals surface area contributed by atoms with E-state index in [9.17, 15) is 5.11 Å². The summed E-state index contributed by atoms with van der Waals surface area (Å²) in [5.74, 6) is 0.656. The zero-order valence-electron chi connectivity index (χ0n) is 38.9. The molecule has 2 heterocycles. The van der Waals surface area contributed by atoms with Gasteiger partial charge >= 0.3 is 0 Å². The first kappa shape index (κ1) is 38.6. The maximum atomic E-state index is 12.4. The Kier molecular flexibility index (Phi) is 10.4. The van der Waals surface area contributed by atoms with Gasteiger partial charge in [-0.1, -0.05) is 164 Å². The van der Waals surface area contributed by atoms with Crippen molar-refractivity contribution in [2.45, 2.75) is 85.4 Å². The van der Waals surface area contributed by atoms with Gasteiger partial charge in [-0.3, -0.25) is 9.55 Å². The molecule has 0 radical (unpaired) electrons. The fourth-order valence-corrected chi connectivity index (χ4v) is 7.78. The van der Waals surface area contributed by atoms with Crippen molar-refractivity contribution in [1.29, 1.82) is 0 Å². The number of hydrogen-bond acceptors (Lipinski definition) is 3. The Labute approximate surface area is 374 Å². The second kappa shape index (κ2) is 16.1. The minimum Gasteiger partial charge on any atom is -0.507 e. The number of para-hydroxylation sites is 1. The van der Waals surface area contributed by atoms with Crippen LogP contribution < -0.4 is 0 Å². The van der Waals surface area contributed by atoms with Crippen molar-refractivity contribution in [1.82, 2.24) is 14.5 Å². The van der Waals surface area contributed by atoms with Gasteiger partial charge < -0.3 is 5.11 Å². The largest absolute Gasteiger partial charge is 0.507 e. The molecule has 1 N–H and O–H groups in total. The molecule has 6 aromatic carbocycles. The quantitative estimate of drug-likeness (QED) is 0.169. The predicted molar refractivity (Wildman–Crippen MR) is 247 cm³/mol. The molecule has 0 aliphatic carbocycles. The van der Waals surface area contributed by atoms with Gasteiger partial charge in [0.2, 0.25) is 0 Å². The average Bonchev–Trinajstić information content (AvgIpc) is 3.62. The number of aromatic hydroxyl groups is 1. The number of rotatable bonds is 6. The van der Waals surface area contributed by atoms with Crippen molar-refractivity contribution in [3.63, 3.8) is 0 Å². The van der Waals surface area contributed by atoms with E-state index in [1.165, 1.54) is 0 Å². The predicted octanol–water partition coefficient (Wildman–Crippen LogP) is 14.5. The molecule has 5 heteroatoms. The number of fused-ring (bicyclic) bond motifs is 1. The number of imidazole rings is 1. The van der Waals surface area contributed by atoms with E-state index in [0.29, 0.717) is 28.2 Å². The van der Waals surface area contributed by atoms with Crippen molar-refractivity contribution in [3.8, 4) is 67.5 Å². The normalized spacial score (nSPS) is 13.1. The van der Waals surface area contributed by atoms with Gasteiger partial charge in [0.05, 0.1) is 16.6 Å². The van der Waals surface area contributed by atoms with E-state index in [1.54, 1.807) is 6.07 Å². The van der Waals surface area contributed by atoms with E-state index in [2.05, 4.69) is 111 Å². The van der Waals surface area contributed by atoms with Crippen molar-refractivity contribution in [3.05, 3.63) is 168 Å². The summed E-state index contributed by atoms with van der Waals surface area (Å²) in [6.45, 7) is 17.0. The summed E-state index contributed by atoms with van der Waals surface area (Å²) in [6.07, 6.45) is 1.85. The average molecular weight is 971 g/mol. The number of hydrogen-bond donors (Lipinski definition) is 1. The Morgan fingerprint density at radius 1 is 0.583 bits per heavy atom. The fourth-order valence-electron chi connectivity index (χ4n) is 7.78. The van der Waals surface area contributed by atoms with Gasteiger partial charge in [-0.2, -0.15) is 0 Å². The molecular formula is C55H54N3OPt-. The maximum absolute atomic E-state index is 12.4. The summed E-state index contributed by atoms with van der Waals surface area (Å²) < 4.78 is 28.2. The number of nitrogens with zero attached hydrogens (tertiary/aromatic N) is 3. The second-order valence-corrected chi connectivity index (χ2v) is 18.7. The number of phenolic OH excluding ortho intramolecular Hbond substituents is 1. The molecular weight excluding hydrogens is 914 g/mol. The summed E-state index contributed by atoms with van der Waals surface area (Å²) in [6, 6.07) is 48.1. The number of phenols is 1. The Hall–Kier alpha value is -5.57. The van der Waals surface area contributed by atoms with Gasteiger partial charge in [-0.25, -0.2) is 4.98 Å². The number of aryl methyl sites for hydroxylation is 1. The first-order chi connectivity index (χ1) is 29.2. The van der Waals surface area contributed by atoms with Crippen LogP contribution in [0.25, 0.3) is 72.7 Å². The molecule has 0 unspecified atom stereocenters. The first-order valence-electron chi connectivity index (χ1n) is 21.9. The van der Waals surface area contributed by atoms with E-state index in [-0.39, 0.29) is 43.2 Å². The molecule has 0 atom stereocenters. The molecule has 8 rings (SSSR count). The van der Waals surface area contributed by atoms with E-state index in [4.69, 9.17) is 14.1 Å². The van der Waals surface area contributed by atoms with Gasteiger partial charge in [0.25, 0.3) is 0 Å². The number of pyridine rings is 1. The molecule has 4 nitrogen and oxygen atoms in total. The van der Waals surface area contributed by atoms with Crippen LogP contribution in [0.4, 0.5) is 0 Å². The molecule has 306 valence electrons. The Bertz CT molecular complexity index is 2950.